The van der Waals surface area contributed by atoms with Gasteiger partial charge in [0.2, 0.25) is 5.91 Å². The van der Waals surface area contributed by atoms with Crippen molar-refractivity contribution >= 4 is 17.5 Å². The largest absolute Gasteiger partial charge is 0.342 e. The average molecular weight is 274 g/mol. The number of amides is 2. The molecule has 20 heavy (non-hydrogen) atoms. The standard InChI is InChI=1S/C16H22N2O2/c1-4-5-9-17(3)16(20)14-6-7-15-13(11-14)8-10-18(15)12(2)19/h6-7,11H,4-5,8-10H2,1-3H3. The predicted octanol–water partition coefficient (Wildman–Crippen LogP) is 2.47. The van der Waals surface area contributed by atoms with Crippen molar-refractivity contribution in [1.82, 2.24) is 4.90 Å². The van der Waals surface area contributed by atoms with Crippen LogP contribution < -0.4 is 4.90 Å². The van der Waals surface area contributed by atoms with Crippen LogP contribution in [0.3, 0.4) is 0 Å². The number of rotatable bonds is 4. The third kappa shape index (κ3) is 2.84. The highest BCUT2D eigenvalue weighted by Gasteiger charge is 2.23. The number of hydrogen-bond acceptors (Lipinski definition) is 2. The van der Waals surface area contributed by atoms with Gasteiger partial charge in [0.05, 0.1) is 0 Å². The molecule has 0 bridgehead atoms. The lowest BCUT2D eigenvalue weighted by Gasteiger charge is -2.18. The molecule has 0 saturated heterocycles. The first kappa shape index (κ1) is 14.6. The van der Waals surface area contributed by atoms with E-state index in [2.05, 4.69) is 6.92 Å². The fraction of sp³-hybridized carbons (Fsp3) is 0.500. The van der Waals surface area contributed by atoms with E-state index in [1.165, 1.54) is 0 Å². The van der Waals surface area contributed by atoms with Crippen molar-refractivity contribution in [3.05, 3.63) is 29.3 Å². The first-order valence-electron chi connectivity index (χ1n) is 7.21. The third-order valence-corrected chi connectivity index (χ3v) is 3.80. The molecule has 4 nitrogen and oxygen atoms in total. The van der Waals surface area contributed by atoms with Crippen molar-refractivity contribution in [3.63, 3.8) is 0 Å². The van der Waals surface area contributed by atoms with Crippen LogP contribution in [-0.4, -0.2) is 36.9 Å². The molecule has 1 aliphatic heterocycles. The molecule has 0 unspecified atom stereocenters. The summed E-state index contributed by atoms with van der Waals surface area (Å²) in [5.41, 5.74) is 2.76. The topological polar surface area (TPSA) is 40.6 Å². The molecule has 0 aliphatic carbocycles. The Balaban J connectivity index is 2.16. The van der Waals surface area contributed by atoms with E-state index in [1.807, 2.05) is 25.2 Å². The average Bonchev–Trinajstić information content (AvgIpc) is 2.86. The monoisotopic (exact) mass is 274 g/mol. The highest BCUT2D eigenvalue weighted by Crippen LogP contribution is 2.29. The molecule has 0 aromatic heterocycles. The molecule has 0 spiro atoms. The molecule has 0 N–H and O–H groups in total. The fourth-order valence-electron chi connectivity index (χ4n) is 2.58. The summed E-state index contributed by atoms with van der Waals surface area (Å²) < 4.78 is 0. The first-order chi connectivity index (χ1) is 9.54. The van der Waals surface area contributed by atoms with Gasteiger partial charge in [0.15, 0.2) is 0 Å². The van der Waals surface area contributed by atoms with Crippen LogP contribution in [0.4, 0.5) is 5.69 Å². The Morgan fingerprint density at radius 2 is 2.10 bits per heavy atom. The number of nitrogens with zero attached hydrogens (tertiary/aromatic N) is 2. The Hall–Kier alpha value is -1.84. The lowest BCUT2D eigenvalue weighted by atomic mass is 10.1. The Kier molecular flexibility index (Phi) is 4.42. The van der Waals surface area contributed by atoms with Crippen molar-refractivity contribution in [2.75, 3.05) is 25.0 Å². The molecule has 1 heterocycles. The number of hydrogen-bond donors (Lipinski definition) is 0. The summed E-state index contributed by atoms with van der Waals surface area (Å²) in [6.45, 7) is 5.19. The molecule has 2 amide bonds. The summed E-state index contributed by atoms with van der Waals surface area (Å²) in [7, 11) is 1.84. The van der Waals surface area contributed by atoms with Gasteiger partial charge in [-0.2, -0.15) is 0 Å². The van der Waals surface area contributed by atoms with Crippen molar-refractivity contribution < 1.29 is 9.59 Å². The zero-order valence-electron chi connectivity index (χ0n) is 12.5. The lowest BCUT2D eigenvalue weighted by molar-refractivity contribution is -0.116. The van der Waals surface area contributed by atoms with Crippen molar-refractivity contribution in [1.29, 1.82) is 0 Å². The van der Waals surface area contributed by atoms with Gasteiger partial charge in [0.1, 0.15) is 0 Å². The van der Waals surface area contributed by atoms with E-state index < -0.39 is 0 Å². The van der Waals surface area contributed by atoms with E-state index in [4.69, 9.17) is 0 Å². The number of anilines is 1. The van der Waals surface area contributed by atoms with Gasteiger partial charge < -0.3 is 9.80 Å². The molecule has 2 rings (SSSR count). The molecule has 1 aromatic rings. The van der Waals surface area contributed by atoms with Crippen LogP contribution in [0.5, 0.6) is 0 Å². The van der Waals surface area contributed by atoms with Crippen LogP contribution in [0.2, 0.25) is 0 Å². The van der Waals surface area contributed by atoms with Gasteiger partial charge in [-0.05, 0) is 36.6 Å². The Morgan fingerprint density at radius 1 is 1.35 bits per heavy atom. The molecular formula is C16H22N2O2. The van der Waals surface area contributed by atoms with E-state index in [1.54, 1.807) is 16.7 Å². The normalized spacial score (nSPS) is 13.2. The van der Waals surface area contributed by atoms with Gasteiger partial charge in [-0.1, -0.05) is 13.3 Å². The third-order valence-electron chi connectivity index (χ3n) is 3.80. The molecule has 1 aliphatic rings. The van der Waals surface area contributed by atoms with Gasteiger partial charge in [-0.25, -0.2) is 0 Å². The molecule has 1 aromatic carbocycles. The number of fused-ring (bicyclic) bond motifs is 1. The summed E-state index contributed by atoms with van der Waals surface area (Å²) >= 11 is 0. The Morgan fingerprint density at radius 3 is 2.75 bits per heavy atom. The van der Waals surface area contributed by atoms with E-state index in [0.717, 1.165) is 37.1 Å². The summed E-state index contributed by atoms with van der Waals surface area (Å²) in [4.78, 5) is 27.4. The van der Waals surface area contributed by atoms with E-state index in [-0.39, 0.29) is 11.8 Å². The smallest absolute Gasteiger partial charge is 0.253 e. The lowest BCUT2D eigenvalue weighted by Crippen LogP contribution is -2.28. The zero-order valence-corrected chi connectivity index (χ0v) is 12.5. The van der Waals surface area contributed by atoms with Crippen molar-refractivity contribution in [2.24, 2.45) is 0 Å². The number of unbranched alkanes of at least 4 members (excludes halogenated alkanes) is 1. The molecule has 0 fully saturated rings. The summed E-state index contributed by atoms with van der Waals surface area (Å²) in [6.07, 6.45) is 2.93. The van der Waals surface area contributed by atoms with E-state index >= 15 is 0 Å². The maximum atomic E-state index is 12.3. The maximum absolute atomic E-state index is 12.3. The van der Waals surface area contributed by atoms with Crippen LogP contribution >= 0.6 is 0 Å². The predicted molar refractivity (Wildman–Crippen MR) is 80.0 cm³/mol. The van der Waals surface area contributed by atoms with Crippen LogP contribution in [0, 0.1) is 0 Å². The van der Waals surface area contributed by atoms with E-state index in [0.29, 0.717) is 12.1 Å². The summed E-state index contributed by atoms with van der Waals surface area (Å²) in [6, 6.07) is 5.65. The van der Waals surface area contributed by atoms with Crippen LogP contribution in [0.1, 0.15) is 42.6 Å². The molecule has 0 radical (unpaired) electrons. The highest BCUT2D eigenvalue weighted by atomic mass is 16.2. The SMILES string of the molecule is CCCCN(C)C(=O)c1ccc2c(c1)CCN2C(C)=O. The maximum Gasteiger partial charge on any atom is 0.253 e. The second kappa shape index (κ2) is 6.07. The Labute approximate surface area is 120 Å². The van der Waals surface area contributed by atoms with Crippen molar-refractivity contribution in [3.8, 4) is 0 Å². The molecule has 0 saturated carbocycles. The molecule has 4 heteroatoms. The minimum Gasteiger partial charge on any atom is -0.342 e. The molecular weight excluding hydrogens is 252 g/mol. The van der Waals surface area contributed by atoms with Gasteiger partial charge in [-0.15, -0.1) is 0 Å². The number of carbonyl (C=O) groups excluding carboxylic acids is 2. The van der Waals surface area contributed by atoms with Gasteiger partial charge in [-0.3, -0.25) is 9.59 Å². The van der Waals surface area contributed by atoms with Gasteiger partial charge >= 0.3 is 0 Å². The van der Waals surface area contributed by atoms with E-state index in [9.17, 15) is 9.59 Å². The van der Waals surface area contributed by atoms with Gasteiger partial charge in [0, 0.05) is 38.3 Å². The van der Waals surface area contributed by atoms with Crippen LogP contribution in [0.25, 0.3) is 0 Å². The molecule has 0 atom stereocenters. The Bertz CT molecular complexity index is 525. The second-order valence-electron chi connectivity index (χ2n) is 5.34. The van der Waals surface area contributed by atoms with Crippen LogP contribution in [-0.2, 0) is 11.2 Å². The zero-order chi connectivity index (χ0) is 14.7. The number of benzene rings is 1. The van der Waals surface area contributed by atoms with Gasteiger partial charge in [0.25, 0.3) is 5.91 Å². The quantitative estimate of drug-likeness (QED) is 0.846. The second-order valence-corrected chi connectivity index (χ2v) is 5.34. The molecule has 108 valence electrons. The highest BCUT2D eigenvalue weighted by molar-refractivity contribution is 5.97. The van der Waals surface area contributed by atoms with Crippen LogP contribution in [0.15, 0.2) is 18.2 Å². The fourth-order valence-corrected chi connectivity index (χ4v) is 2.58. The minimum atomic E-state index is 0.0579. The summed E-state index contributed by atoms with van der Waals surface area (Å²) in [5.74, 6) is 0.116. The summed E-state index contributed by atoms with van der Waals surface area (Å²) in [5, 5.41) is 0. The van der Waals surface area contributed by atoms with Crippen molar-refractivity contribution in [2.45, 2.75) is 33.1 Å². The number of carbonyl (C=O) groups is 2. The minimum absolute atomic E-state index is 0.0579. The first-order valence-corrected chi connectivity index (χ1v) is 7.21.